The Kier molecular flexibility index (Phi) is 4.44. The summed E-state index contributed by atoms with van der Waals surface area (Å²) in [6.45, 7) is 5.18. The minimum atomic E-state index is -3.71. The number of H-pyrrole nitrogens is 1. The second kappa shape index (κ2) is 5.74. The van der Waals surface area contributed by atoms with Crippen LogP contribution in [0.5, 0.6) is 0 Å². The first-order valence-corrected chi connectivity index (χ1v) is 8.29. The molecule has 19 heavy (non-hydrogen) atoms. The molecule has 0 aliphatic carbocycles. The predicted octanol–water partition coefficient (Wildman–Crippen LogP) is 0.464. The fourth-order valence-corrected chi connectivity index (χ4v) is 4.02. The Morgan fingerprint density at radius 3 is 2.47 bits per heavy atom. The van der Waals surface area contributed by atoms with Gasteiger partial charge in [0.25, 0.3) is 0 Å². The number of piperazine rings is 1. The van der Waals surface area contributed by atoms with E-state index in [1.54, 1.807) is 0 Å². The van der Waals surface area contributed by atoms with Crippen LogP contribution in [0.4, 0.5) is 0 Å². The summed E-state index contributed by atoms with van der Waals surface area (Å²) in [4.78, 5) is 16.5. The highest BCUT2D eigenvalue weighted by atomic mass is 79.9. The molecule has 0 amide bonds. The number of sulfonamides is 1. The van der Waals surface area contributed by atoms with Crippen LogP contribution >= 0.6 is 15.9 Å². The molecule has 1 fully saturated rings. The number of pyridine rings is 1. The first-order valence-electron chi connectivity index (χ1n) is 6.06. The number of nitrogens with one attached hydrogen (secondary N) is 1. The minimum Gasteiger partial charge on any atom is -0.365 e. The quantitative estimate of drug-likeness (QED) is 0.860. The van der Waals surface area contributed by atoms with Gasteiger partial charge in [-0.15, -0.1) is 0 Å². The van der Waals surface area contributed by atoms with Crippen LogP contribution in [0.1, 0.15) is 6.92 Å². The molecule has 0 saturated carbocycles. The van der Waals surface area contributed by atoms with Gasteiger partial charge in [0.1, 0.15) is 4.90 Å². The average molecular weight is 350 g/mol. The maximum Gasteiger partial charge on any atom is 0.248 e. The maximum absolute atomic E-state index is 12.4. The first-order chi connectivity index (χ1) is 8.96. The van der Waals surface area contributed by atoms with Crippen LogP contribution in [0.25, 0.3) is 0 Å². The second-order valence-electron chi connectivity index (χ2n) is 4.34. The molecule has 0 spiro atoms. The van der Waals surface area contributed by atoms with Crippen molar-refractivity contribution in [1.29, 1.82) is 0 Å². The summed E-state index contributed by atoms with van der Waals surface area (Å²) in [6, 6.07) is 0. The van der Waals surface area contributed by atoms with Gasteiger partial charge in [0.05, 0.1) is 4.47 Å². The van der Waals surface area contributed by atoms with Crippen LogP contribution in [-0.4, -0.2) is 55.3 Å². The van der Waals surface area contributed by atoms with Gasteiger partial charge in [-0.25, -0.2) is 8.42 Å². The van der Waals surface area contributed by atoms with Gasteiger partial charge in [0, 0.05) is 38.6 Å². The van der Waals surface area contributed by atoms with E-state index in [4.69, 9.17) is 0 Å². The Morgan fingerprint density at radius 2 is 1.89 bits per heavy atom. The molecule has 106 valence electrons. The third-order valence-electron chi connectivity index (χ3n) is 3.26. The molecule has 1 aromatic rings. The molecule has 2 rings (SSSR count). The second-order valence-corrected chi connectivity index (χ2v) is 7.10. The molecule has 0 radical (unpaired) electrons. The van der Waals surface area contributed by atoms with Crippen molar-refractivity contribution in [2.45, 2.75) is 11.8 Å². The van der Waals surface area contributed by atoms with Gasteiger partial charge in [-0.2, -0.15) is 4.31 Å². The highest BCUT2D eigenvalue weighted by molar-refractivity contribution is 9.10. The van der Waals surface area contributed by atoms with Crippen LogP contribution in [0.15, 0.2) is 26.6 Å². The Morgan fingerprint density at radius 1 is 1.26 bits per heavy atom. The maximum atomic E-state index is 12.4. The Hall–Kier alpha value is -0.700. The lowest BCUT2D eigenvalue weighted by Gasteiger charge is -2.33. The number of hydrogen-bond acceptors (Lipinski definition) is 4. The summed E-state index contributed by atoms with van der Waals surface area (Å²) in [5.41, 5.74) is -0.503. The van der Waals surface area contributed by atoms with Gasteiger partial charge in [-0.05, 0) is 22.5 Å². The molecule has 2 heterocycles. The van der Waals surface area contributed by atoms with Crippen LogP contribution < -0.4 is 5.43 Å². The molecule has 1 N–H and O–H groups in total. The van der Waals surface area contributed by atoms with Gasteiger partial charge in [-0.3, -0.25) is 4.79 Å². The Labute approximate surface area is 120 Å². The van der Waals surface area contributed by atoms with Crippen LogP contribution in [0.2, 0.25) is 0 Å². The van der Waals surface area contributed by atoms with Gasteiger partial charge in [-0.1, -0.05) is 6.92 Å². The van der Waals surface area contributed by atoms with E-state index in [2.05, 4.69) is 25.8 Å². The lowest BCUT2D eigenvalue weighted by atomic mass is 10.4. The SMILES string of the molecule is CCN1CCN(S(=O)(=O)c2c[nH]cc(Br)c2=O)CC1. The van der Waals surface area contributed by atoms with E-state index >= 15 is 0 Å². The summed E-state index contributed by atoms with van der Waals surface area (Å²) >= 11 is 3.05. The van der Waals surface area contributed by atoms with E-state index in [1.165, 1.54) is 16.7 Å². The van der Waals surface area contributed by atoms with E-state index in [0.717, 1.165) is 6.54 Å². The number of aromatic nitrogens is 1. The minimum absolute atomic E-state index is 0.202. The molecular weight excluding hydrogens is 334 g/mol. The van der Waals surface area contributed by atoms with Crippen molar-refractivity contribution in [1.82, 2.24) is 14.2 Å². The molecular formula is C11H16BrN3O3S. The molecule has 1 aliphatic rings. The first kappa shape index (κ1) is 14.7. The van der Waals surface area contributed by atoms with Crippen LogP contribution in [-0.2, 0) is 10.0 Å². The van der Waals surface area contributed by atoms with Gasteiger partial charge < -0.3 is 9.88 Å². The lowest BCUT2D eigenvalue weighted by Crippen LogP contribution is -2.49. The zero-order valence-corrected chi connectivity index (χ0v) is 13.0. The van der Waals surface area contributed by atoms with Crippen molar-refractivity contribution in [2.24, 2.45) is 0 Å². The molecule has 0 bridgehead atoms. The van der Waals surface area contributed by atoms with E-state index < -0.39 is 15.5 Å². The van der Waals surface area contributed by atoms with Gasteiger partial charge >= 0.3 is 0 Å². The van der Waals surface area contributed by atoms with E-state index in [1.807, 2.05) is 6.92 Å². The van der Waals surface area contributed by atoms with Crippen molar-refractivity contribution in [3.63, 3.8) is 0 Å². The fraction of sp³-hybridized carbons (Fsp3) is 0.545. The predicted molar refractivity (Wildman–Crippen MR) is 75.6 cm³/mol. The largest absolute Gasteiger partial charge is 0.365 e. The summed E-state index contributed by atoms with van der Waals surface area (Å²) in [6.07, 6.45) is 2.67. The lowest BCUT2D eigenvalue weighted by molar-refractivity contribution is 0.196. The third kappa shape index (κ3) is 2.91. The smallest absolute Gasteiger partial charge is 0.248 e. The molecule has 1 aromatic heterocycles. The summed E-state index contributed by atoms with van der Waals surface area (Å²) in [5.74, 6) is 0. The number of aromatic amines is 1. The molecule has 6 nitrogen and oxygen atoms in total. The van der Waals surface area contributed by atoms with E-state index in [0.29, 0.717) is 26.2 Å². The topological polar surface area (TPSA) is 73.5 Å². The monoisotopic (exact) mass is 349 g/mol. The standard InChI is InChI=1S/C11H16BrN3O3S/c1-2-14-3-5-15(6-4-14)19(17,18)10-8-13-7-9(12)11(10)16/h7-8H,2-6H2,1H3,(H,13,16). The summed E-state index contributed by atoms with van der Waals surface area (Å²) < 4.78 is 26.4. The Bertz CT molecular complexity index is 606. The zero-order valence-electron chi connectivity index (χ0n) is 10.6. The Balaban J connectivity index is 2.29. The van der Waals surface area contributed by atoms with Gasteiger partial charge in [0.2, 0.25) is 15.5 Å². The summed E-state index contributed by atoms with van der Waals surface area (Å²) in [7, 11) is -3.71. The molecule has 1 aliphatic heterocycles. The van der Waals surface area contributed by atoms with Crippen molar-refractivity contribution >= 4 is 26.0 Å². The number of halogens is 1. The number of likely N-dealkylation sites (N-methyl/N-ethyl adjacent to an activating group) is 1. The van der Waals surface area contributed by atoms with Crippen molar-refractivity contribution in [3.05, 3.63) is 27.1 Å². The fourth-order valence-electron chi connectivity index (χ4n) is 2.06. The normalized spacial score (nSPS) is 18.6. The van der Waals surface area contributed by atoms with Crippen molar-refractivity contribution < 1.29 is 8.42 Å². The zero-order chi connectivity index (χ0) is 14.0. The van der Waals surface area contributed by atoms with Crippen molar-refractivity contribution in [2.75, 3.05) is 32.7 Å². The molecule has 0 atom stereocenters. The van der Waals surface area contributed by atoms with Crippen LogP contribution in [0.3, 0.4) is 0 Å². The molecule has 1 saturated heterocycles. The molecule has 0 unspecified atom stereocenters. The highest BCUT2D eigenvalue weighted by Gasteiger charge is 2.30. The number of nitrogens with zero attached hydrogens (tertiary/aromatic N) is 2. The van der Waals surface area contributed by atoms with E-state index in [-0.39, 0.29) is 9.37 Å². The summed E-state index contributed by atoms with van der Waals surface area (Å²) in [5, 5.41) is 0. The number of rotatable bonds is 3. The van der Waals surface area contributed by atoms with Gasteiger partial charge in [0.15, 0.2) is 0 Å². The van der Waals surface area contributed by atoms with Crippen LogP contribution in [0, 0.1) is 0 Å². The highest BCUT2D eigenvalue weighted by Crippen LogP contribution is 2.15. The molecule has 8 heteroatoms. The van der Waals surface area contributed by atoms with E-state index in [9.17, 15) is 13.2 Å². The molecule has 0 aromatic carbocycles. The average Bonchev–Trinajstić information content (AvgIpc) is 2.41. The van der Waals surface area contributed by atoms with Crippen molar-refractivity contribution in [3.8, 4) is 0 Å². The third-order valence-corrected chi connectivity index (χ3v) is 5.75. The number of hydrogen-bond donors (Lipinski definition) is 1.